The van der Waals surface area contributed by atoms with Crippen LogP contribution in [0.5, 0.6) is 11.5 Å². The zero-order valence-corrected chi connectivity index (χ0v) is 15.3. The van der Waals surface area contributed by atoms with Gasteiger partial charge in [-0.1, -0.05) is 29.8 Å². The molecule has 0 aliphatic rings. The molecule has 4 heteroatoms. The molecule has 132 valence electrons. The van der Waals surface area contributed by atoms with Gasteiger partial charge < -0.3 is 14.8 Å². The van der Waals surface area contributed by atoms with E-state index in [2.05, 4.69) is 18.3 Å². The molecule has 0 saturated heterocycles. The minimum Gasteiger partial charge on any atom is -0.493 e. The molecule has 4 nitrogen and oxygen atoms in total. The van der Waals surface area contributed by atoms with Crippen LogP contribution >= 0.6 is 0 Å². The van der Waals surface area contributed by atoms with E-state index >= 15 is 0 Å². The lowest BCUT2D eigenvalue weighted by Gasteiger charge is -2.09. The third-order valence-electron chi connectivity index (χ3n) is 4.00. The first-order valence-corrected chi connectivity index (χ1v) is 8.27. The van der Waals surface area contributed by atoms with Gasteiger partial charge in [0.05, 0.1) is 14.2 Å². The molecule has 0 aromatic heterocycles. The molecular weight excluding hydrogens is 314 g/mol. The predicted molar refractivity (Wildman–Crippen MR) is 101 cm³/mol. The summed E-state index contributed by atoms with van der Waals surface area (Å²) in [6.45, 7) is 4.66. The SMILES string of the molecule is COc1ccc(CCNC(=O)/C=C/c2ccc(C)cc2C)cc1OC. The van der Waals surface area contributed by atoms with Crippen molar-refractivity contribution in [2.24, 2.45) is 0 Å². The van der Waals surface area contributed by atoms with Gasteiger partial charge in [0.25, 0.3) is 0 Å². The van der Waals surface area contributed by atoms with Gasteiger partial charge >= 0.3 is 0 Å². The van der Waals surface area contributed by atoms with Crippen molar-refractivity contribution in [2.75, 3.05) is 20.8 Å². The van der Waals surface area contributed by atoms with Crippen LogP contribution in [-0.2, 0) is 11.2 Å². The topological polar surface area (TPSA) is 47.6 Å². The third-order valence-corrected chi connectivity index (χ3v) is 4.00. The number of rotatable bonds is 7. The van der Waals surface area contributed by atoms with E-state index in [1.807, 2.05) is 43.3 Å². The van der Waals surface area contributed by atoms with Gasteiger partial charge in [-0.05, 0) is 55.2 Å². The fourth-order valence-corrected chi connectivity index (χ4v) is 2.60. The summed E-state index contributed by atoms with van der Waals surface area (Å²) < 4.78 is 10.5. The molecule has 2 rings (SSSR count). The Morgan fingerprint density at radius 2 is 1.80 bits per heavy atom. The monoisotopic (exact) mass is 339 g/mol. The zero-order valence-electron chi connectivity index (χ0n) is 15.3. The van der Waals surface area contributed by atoms with Gasteiger partial charge in [-0.2, -0.15) is 0 Å². The van der Waals surface area contributed by atoms with E-state index in [9.17, 15) is 4.79 Å². The van der Waals surface area contributed by atoms with E-state index < -0.39 is 0 Å². The molecule has 0 saturated carbocycles. The van der Waals surface area contributed by atoms with Crippen molar-refractivity contribution in [1.29, 1.82) is 0 Å². The summed E-state index contributed by atoms with van der Waals surface area (Å²) in [4.78, 5) is 12.0. The van der Waals surface area contributed by atoms with Crippen LogP contribution in [-0.4, -0.2) is 26.7 Å². The molecular formula is C21H25NO3. The average molecular weight is 339 g/mol. The highest BCUT2D eigenvalue weighted by Gasteiger charge is 2.05. The van der Waals surface area contributed by atoms with Crippen molar-refractivity contribution in [3.05, 3.63) is 64.7 Å². The number of carbonyl (C=O) groups is 1. The van der Waals surface area contributed by atoms with Gasteiger partial charge in [0, 0.05) is 12.6 Å². The number of ether oxygens (including phenoxy) is 2. The summed E-state index contributed by atoms with van der Waals surface area (Å²) in [5, 5.41) is 2.90. The van der Waals surface area contributed by atoms with Crippen molar-refractivity contribution < 1.29 is 14.3 Å². The van der Waals surface area contributed by atoms with E-state index in [0.717, 1.165) is 23.1 Å². The van der Waals surface area contributed by atoms with E-state index in [1.54, 1.807) is 20.3 Å². The lowest BCUT2D eigenvalue weighted by Crippen LogP contribution is -2.23. The van der Waals surface area contributed by atoms with Crippen molar-refractivity contribution in [3.63, 3.8) is 0 Å². The molecule has 0 radical (unpaired) electrons. The van der Waals surface area contributed by atoms with Gasteiger partial charge in [0.2, 0.25) is 5.91 Å². The summed E-state index contributed by atoms with van der Waals surface area (Å²) in [5.41, 5.74) is 4.51. The Kier molecular flexibility index (Phi) is 6.63. The number of benzene rings is 2. The standard InChI is InChI=1S/C21H25NO3/c1-15-5-7-18(16(2)13-15)8-10-21(23)22-12-11-17-6-9-19(24-3)20(14-17)25-4/h5-10,13-14H,11-12H2,1-4H3,(H,22,23)/b10-8+. The van der Waals surface area contributed by atoms with Crippen LogP contribution in [0.25, 0.3) is 6.08 Å². The fourth-order valence-electron chi connectivity index (χ4n) is 2.60. The molecule has 0 fully saturated rings. The first kappa shape index (κ1) is 18.6. The molecule has 1 N–H and O–H groups in total. The van der Waals surface area contributed by atoms with E-state index in [0.29, 0.717) is 18.0 Å². The minimum atomic E-state index is -0.0968. The molecule has 2 aromatic rings. The van der Waals surface area contributed by atoms with E-state index in [-0.39, 0.29) is 5.91 Å². The number of hydrogen-bond acceptors (Lipinski definition) is 3. The Bertz CT molecular complexity index is 766. The van der Waals surface area contributed by atoms with Gasteiger partial charge in [0.15, 0.2) is 11.5 Å². The molecule has 0 unspecified atom stereocenters. The molecule has 0 atom stereocenters. The van der Waals surface area contributed by atoms with Crippen LogP contribution in [0.15, 0.2) is 42.5 Å². The van der Waals surface area contributed by atoms with E-state index in [4.69, 9.17) is 9.47 Å². The van der Waals surface area contributed by atoms with Crippen LogP contribution in [0.2, 0.25) is 0 Å². The second-order valence-electron chi connectivity index (χ2n) is 5.92. The summed E-state index contributed by atoms with van der Waals surface area (Å²) in [7, 11) is 3.22. The Balaban J connectivity index is 1.87. The number of carbonyl (C=O) groups excluding carboxylic acids is 1. The second kappa shape index (κ2) is 8.92. The number of aryl methyl sites for hydroxylation is 2. The summed E-state index contributed by atoms with van der Waals surface area (Å²) in [6.07, 6.45) is 4.15. The lowest BCUT2D eigenvalue weighted by atomic mass is 10.1. The highest BCUT2D eigenvalue weighted by Crippen LogP contribution is 2.27. The van der Waals surface area contributed by atoms with Gasteiger partial charge in [0.1, 0.15) is 0 Å². The lowest BCUT2D eigenvalue weighted by molar-refractivity contribution is -0.116. The molecule has 1 amide bonds. The van der Waals surface area contributed by atoms with E-state index in [1.165, 1.54) is 5.56 Å². The number of methoxy groups -OCH3 is 2. The maximum absolute atomic E-state index is 12.0. The Morgan fingerprint density at radius 1 is 1.04 bits per heavy atom. The Labute approximate surface area is 149 Å². The predicted octanol–water partition coefficient (Wildman–Crippen LogP) is 3.69. The van der Waals surface area contributed by atoms with Crippen LogP contribution < -0.4 is 14.8 Å². The quantitative estimate of drug-likeness (QED) is 0.783. The smallest absolute Gasteiger partial charge is 0.244 e. The van der Waals surface area contributed by atoms with Crippen LogP contribution in [0.1, 0.15) is 22.3 Å². The highest BCUT2D eigenvalue weighted by atomic mass is 16.5. The first-order chi connectivity index (χ1) is 12.0. The zero-order chi connectivity index (χ0) is 18.2. The number of amides is 1. The average Bonchev–Trinajstić information content (AvgIpc) is 2.60. The van der Waals surface area contributed by atoms with Crippen LogP contribution in [0, 0.1) is 13.8 Å². The highest BCUT2D eigenvalue weighted by molar-refractivity contribution is 5.91. The van der Waals surface area contributed by atoms with Crippen LogP contribution in [0.4, 0.5) is 0 Å². The largest absolute Gasteiger partial charge is 0.493 e. The molecule has 25 heavy (non-hydrogen) atoms. The van der Waals surface area contributed by atoms with Crippen molar-refractivity contribution in [1.82, 2.24) is 5.32 Å². The first-order valence-electron chi connectivity index (χ1n) is 8.27. The van der Waals surface area contributed by atoms with Gasteiger partial charge in [-0.3, -0.25) is 4.79 Å². The molecule has 0 heterocycles. The molecule has 0 bridgehead atoms. The van der Waals surface area contributed by atoms with Gasteiger partial charge in [-0.25, -0.2) is 0 Å². The summed E-state index contributed by atoms with van der Waals surface area (Å²) in [5.74, 6) is 1.30. The molecule has 0 spiro atoms. The van der Waals surface area contributed by atoms with Gasteiger partial charge in [-0.15, -0.1) is 0 Å². The number of hydrogen-bond donors (Lipinski definition) is 1. The second-order valence-corrected chi connectivity index (χ2v) is 5.92. The number of nitrogens with one attached hydrogen (secondary N) is 1. The third kappa shape index (κ3) is 5.38. The molecule has 2 aromatic carbocycles. The fraction of sp³-hybridized carbons (Fsp3) is 0.286. The van der Waals surface area contributed by atoms with Crippen LogP contribution in [0.3, 0.4) is 0 Å². The summed E-state index contributed by atoms with van der Waals surface area (Å²) >= 11 is 0. The van der Waals surface area contributed by atoms with Crippen molar-refractivity contribution >= 4 is 12.0 Å². The van der Waals surface area contributed by atoms with Crippen molar-refractivity contribution in [2.45, 2.75) is 20.3 Å². The molecule has 0 aliphatic carbocycles. The maximum atomic E-state index is 12.0. The molecule has 0 aliphatic heterocycles. The Morgan fingerprint density at radius 3 is 2.48 bits per heavy atom. The normalized spacial score (nSPS) is 10.7. The van der Waals surface area contributed by atoms with Crippen molar-refractivity contribution in [3.8, 4) is 11.5 Å². The maximum Gasteiger partial charge on any atom is 0.244 e. The Hall–Kier alpha value is -2.75. The minimum absolute atomic E-state index is 0.0968. The summed E-state index contributed by atoms with van der Waals surface area (Å²) in [6, 6.07) is 11.9.